The van der Waals surface area contributed by atoms with E-state index in [4.69, 9.17) is 5.73 Å². The quantitative estimate of drug-likeness (QED) is 0.928. The van der Waals surface area contributed by atoms with Crippen LogP contribution in [0.25, 0.3) is 0 Å². The Morgan fingerprint density at radius 3 is 2.73 bits per heavy atom. The van der Waals surface area contributed by atoms with Gasteiger partial charge in [-0.1, -0.05) is 0 Å². The van der Waals surface area contributed by atoms with Gasteiger partial charge in [0.05, 0.1) is 9.35 Å². The molecule has 5 heteroatoms. The van der Waals surface area contributed by atoms with Crippen LogP contribution in [0.4, 0.5) is 0 Å². The highest BCUT2D eigenvalue weighted by molar-refractivity contribution is 9.11. The highest BCUT2D eigenvalue weighted by Gasteiger charge is 2.20. The summed E-state index contributed by atoms with van der Waals surface area (Å²) in [5.41, 5.74) is 6.25. The van der Waals surface area contributed by atoms with E-state index in [1.54, 1.807) is 23.3 Å². The van der Waals surface area contributed by atoms with Gasteiger partial charge in [0.15, 0.2) is 0 Å². The lowest BCUT2D eigenvalue weighted by molar-refractivity contribution is 0.0748. The molecule has 0 aliphatic heterocycles. The van der Waals surface area contributed by atoms with Crippen molar-refractivity contribution in [1.29, 1.82) is 0 Å². The molecule has 0 saturated carbocycles. The van der Waals surface area contributed by atoms with Crippen molar-refractivity contribution in [2.75, 3.05) is 13.6 Å². The number of halogens is 1. The number of aryl methyl sites for hydroxylation is 1. The molecule has 1 heterocycles. The summed E-state index contributed by atoms with van der Waals surface area (Å²) >= 11 is 4.97. The summed E-state index contributed by atoms with van der Waals surface area (Å²) in [6.07, 6.45) is 0. The first kappa shape index (κ1) is 12.7. The van der Waals surface area contributed by atoms with Gasteiger partial charge in [0.1, 0.15) is 0 Å². The van der Waals surface area contributed by atoms with E-state index in [0.717, 1.165) is 14.2 Å². The van der Waals surface area contributed by atoms with Crippen LogP contribution < -0.4 is 5.73 Å². The van der Waals surface area contributed by atoms with Crippen molar-refractivity contribution in [2.24, 2.45) is 5.73 Å². The molecule has 0 bridgehead atoms. The summed E-state index contributed by atoms with van der Waals surface area (Å²) in [4.78, 5) is 14.8. The standard InChI is InChI=1S/C10H15BrN2OS/c1-6(5-12)13(3)10(14)8-4-7(2)15-9(8)11/h4,6H,5,12H2,1-3H3. The summed E-state index contributed by atoms with van der Waals surface area (Å²) in [6, 6.07) is 1.96. The van der Waals surface area contributed by atoms with Crippen LogP contribution in [0.5, 0.6) is 0 Å². The maximum absolute atomic E-state index is 12.0. The van der Waals surface area contributed by atoms with Gasteiger partial charge in [-0.2, -0.15) is 0 Å². The SMILES string of the molecule is Cc1cc(C(=O)N(C)C(C)CN)c(Br)s1. The van der Waals surface area contributed by atoms with Gasteiger partial charge in [-0.15, -0.1) is 11.3 Å². The first-order chi connectivity index (χ1) is 6.97. The Hall–Kier alpha value is -0.390. The fourth-order valence-electron chi connectivity index (χ4n) is 1.18. The predicted molar refractivity (Wildman–Crippen MR) is 67.4 cm³/mol. The van der Waals surface area contributed by atoms with E-state index in [1.807, 2.05) is 19.9 Å². The average molecular weight is 291 g/mol. The van der Waals surface area contributed by atoms with Crippen LogP contribution in [-0.4, -0.2) is 30.4 Å². The Labute approximate surface area is 102 Å². The molecule has 1 rings (SSSR count). The smallest absolute Gasteiger partial charge is 0.255 e. The number of hydrogen-bond acceptors (Lipinski definition) is 3. The van der Waals surface area contributed by atoms with Crippen LogP contribution >= 0.6 is 27.3 Å². The van der Waals surface area contributed by atoms with Crippen molar-refractivity contribution < 1.29 is 4.79 Å². The van der Waals surface area contributed by atoms with Gasteiger partial charge < -0.3 is 10.6 Å². The molecule has 84 valence electrons. The fraction of sp³-hybridized carbons (Fsp3) is 0.500. The Kier molecular flexibility index (Phi) is 4.31. The molecule has 1 aromatic rings. The molecule has 0 aromatic carbocycles. The second-order valence-electron chi connectivity index (χ2n) is 3.55. The van der Waals surface area contributed by atoms with Crippen LogP contribution in [-0.2, 0) is 0 Å². The highest BCUT2D eigenvalue weighted by atomic mass is 79.9. The fourth-order valence-corrected chi connectivity index (χ4v) is 2.95. The van der Waals surface area contributed by atoms with Crippen molar-refractivity contribution in [3.05, 3.63) is 20.3 Å². The molecule has 0 spiro atoms. The van der Waals surface area contributed by atoms with Gasteiger partial charge in [0.2, 0.25) is 0 Å². The number of nitrogens with zero attached hydrogens (tertiary/aromatic N) is 1. The Morgan fingerprint density at radius 1 is 1.73 bits per heavy atom. The minimum Gasteiger partial charge on any atom is -0.338 e. The monoisotopic (exact) mass is 290 g/mol. The number of carbonyl (C=O) groups excluding carboxylic acids is 1. The van der Waals surface area contributed by atoms with Crippen LogP contribution in [0.2, 0.25) is 0 Å². The Morgan fingerprint density at radius 2 is 2.33 bits per heavy atom. The van der Waals surface area contributed by atoms with Gasteiger partial charge in [-0.3, -0.25) is 4.79 Å². The summed E-state index contributed by atoms with van der Waals surface area (Å²) in [6.45, 7) is 4.40. The van der Waals surface area contributed by atoms with E-state index >= 15 is 0 Å². The van der Waals surface area contributed by atoms with Gasteiger partial charge >= 0.3 is 0 Å². The van der Waals surface area contributed by atoms with Crippen LogP contribution in [0, 0.1) is 6.92 Å². The minimum atomic E-state index is 0.0178. The predicted octanol–water partition coefficient (Wildman–Crippen LogP) is 2.24. The lowest BCUT2D eigenvalue weighted by Crippen LogP contribution is -2.39. The second-order valence-corrected chi connectivity index (χ2v) is 6.12. The molecule has 3 nitrogen and oxygen atoms in total. The Bertz CT molecular complexity index is 364. The molecule has 1 atom stereocenters. The third-order valence-corrected chi connectivity index (χ3v) is 4.11. The summed E-state index contributed by atoms with van der Waals surface area (Å²) in [5.74, 6) is 0.0178. The summed E-state index contributed by atoms with van der Waals surface area (Å²) in [5, 5.41) is 0. The zero-order valence-corrected chi connectivity index (χ0v) is 11.5. The van der Waals surface area contributed by atoms with E-state index < -0.39 is 0 Å². The lowest BCUT2D eigenvalue weighted by atomic mass is 10.2. The van der Waals surface area contributed by atoms with Gasteiger partial charge in [-0.25, -0.2) is 0 Å². The largest absolute Gasteiger partial charge is 0.338 e. The molecule has 1 amide bonds. The number of hydrogen-bond donors (Lipinski definition) is 1. The van der Waals surface area contributed by atoms with Gasteiger partial charge in [0, 0.05) is 24.5 Å². The average Bonchev–Trinajstić information content (AvgIpc) is 2.54. The number of rotatable bonds is 3. The molecule has 15 heavy (non-hydrogen) atoms. The molecular weight excluding hydrogens is 276 g/mol. The molecule has 0 radical (unpaired) electrons. The highest BCUT2D eigenvalue weighted by Crippen LogP contribution is 2.28. The molecule has 0 saturated heterocycles. The molecule has 0 aliphatic carbocycles. The molecule has 2 N–H and O–H groups in total. The second kappa shape index (κ2) is 5.09. The third kappa shape index (κ3) is 2.80. The lowest BCUT2D eigenvalue weighted by Gasteiger charge is -2.23. The van der Waals surface area contributed by atoms with Crippen LogP contribution in [0.15, 0.2) is 9.85 Å². The number of carbonyl (C=O) groups is 1. The van der Waals surface area contributed by atoms with E-state index in [0.29, 0.717) is 6.54 Å². The number of likely N-dealkylation sites (N-methyl/N-ethyl adjacent to an activating group) is 1. The van der Waals surface area contributed by atoms with Crippen LogP contribution in [0.1, 0.15) is 22.2 Å². The van der Waals surface area contributed by atoms with Crippen molar-refractivity contribution in [2.45, 2.75) is 19.9 Å². The van der Waals surface area contributed by atoms with Crippen molar-refractivity contribution in [1.82, 2.24) is 4.90 Å². The molecule has 0 aliphatic rings. The van der Waals surface area contributed by atoms with Gasteiger partial charge in [0.25, 0.3) is 5.91 Å². The first-order valence-electron chi connectivity index (χ1n) is 4.70. The zero-order valence-electron chi connectivity index (χ0n) is 9.08. The topological polar surface area (TPSA) is 46.3 Å². The zero-order chi connectivity index (χ0) is 11.6. The van der Waals surface area contributed by atoms with Crippen molar-refractivity contribution >= 4 is 33.2 Å². The van der Waals surface area contributed by atoms with Crippen molar-refractivity contribution in [3.63, 3.8) is 0 Å². The number of thiophene rings is 1. The van der Waals surface area contributed by atoms with Crippen LogP contribution in [0.3, 0.4) is 0 Å². The van der Waals surface area contributed by atoms with E-state index in [9.17, 15) is 4.79 Å². The molecule has 1 aromatic heterocycles. The minimum absolute atomic E-state index is 0.0178. The maximum Gasteiger partial charge on any atom is 0.255 e. The molecular formula is C10H15BrN2OS. The van der Waals surface area contributed by atoms with E-state index in [2.05, 4.69) is 15.9 Å². The maximum atomic E-state index is 12.0. The van der Waals surface area contributed by atoms with Crippen molar-refractivity contribution in [3.8, 4) is 0 Å². The van der Waals surface area contributed by atoms with E-state index in [-0.39, 0.29) is 11.9 Å². The van der Waals surface area contributed by atoms with Gasteiger partial charge in [-0.05, 0) is 35.8 Å². The summed E-state index contributed by atoms with van der Waals surface area (Å²) in [7, 11) is 1.78. The molecule has 0 fully saturated rings. The third-order valence-electron chi connectivity index (χ3n) is 2.36. The summed E-state index contributed by atoms with van der Waals surface area (Å²) < 4.78 is 0.890. The number of amides is 1. The number of nitrogens with two attached hydrogens (primary N) is 1. The normalized spacial score (nSPS) is 12.6. The first-order valence-corrected chi connectivity index (χ1v) is 6.31. The van der Waals surface area contributed by atoms with E-state index in [1.165, 1.54) is 0 Å². The Balaban J connectivity index is 2.89. The molecule has 1 unspecified atom stereocenters.